The van der Waals surface area contributed by atoms with E-state index in [1.165, 1.54) is 12.8 Å². The summed E-state index contributed by atoms with van der Waals surface area (Å²) in [6, 6.07) is 2.00. The Bertz CT molecular complexity index is 472. The fourth-order valence-corrected chi connectivity index (χ4v) is 3.08. The predicted molar refractivity (Wildman–Crippen MR) is 65.8 cm³/mol. The maximum atomic E-state index is 11.9. The van der Waals surface area contributed by atoms with Crippen LogP contribution in [0, 0.1) is 0 Å². The molecule has 2 aliphatic rings. The largest absolute Gasteiger partial charge is 0.373 e. The van der Waals surface area contributed by atoms with Crippen LogP contribution in [0.4, 0.5) is 0 Å². The molecule has 1 aromatic rings. The number of carbonyl (C=O) groups is 1. The zero-order valence-corrected chi connectivity index (χ0v) is 10.2. The molecule has 1 fully saturated rings. The SMILES string of the molecule is O=C1N=NC=C(N2CCCC2)C1c1ccsc1. The van der Waals surface area contributed by atoms with Crippen LogP contribution in [0.3, 0.4) is 0 Å². The third kappa shape index (κ3) is 1.91. The summed E-state index contributed by atoms with van der Waals surface area (Å²) in [5, 5.41) is 11.5. The average Bonchev–Trinajstić information content (AvgIpc) is 3.02. The molecule has 5 heteroatoms. The molecule has 1 atom stereocenters. The fraction of sp³-hybridized carbons (Fsp3) is 0.417. The highest BCUT2D eigenvalue weighted by molar-refractivity contribution is 7.08. The molecular formula is C12H13N3OS. The number of thiophene rings is 1. The van der Waals surface area contributed by atoms with Gasteiger partial charge in [-0.3, -0.25) is 4.79 Å². The first-order valence-corrected chi connectivity index (χ1v) is 6.72. The second-order valence-corrected chi connectivity index (χ2v) is 5.07. The molecule has 1 unspecified atom stereocenters. The standard InChI is InChI=1S/C12H13N3OS/c16-12-11(9-3-6-17-8-9)10(7-13-14-12)15-4-1-2-5-15/h3,6-8,11H,1-2,4-5H2. The van der Waals surface area contributed by atoms with Crippen LogP contribution >= 0.6 is 11.3 Å². The van der Waals surface area contributed by atoms with Gasteiger partial charge in [0, 0.05) is 13.1 Å². The molecule has 0 N–H and O–H groups in total. The van der Waals surface area contributed by atoms with Crippen molar-refractivity contribution in [3.05, 3.63) is 34.3 Å². The van der Waals surface area contributed by atoms with Crippen molar-refractivity contribution in [2.24, 2.45) is 10.2 Å². The Hall–Kier alpha value is -1.49. The van der Waals surface area contributed by atoms with Crippen molar-refractivity contribution in [1.29, 1.82) is 0 Å². The van der Waals surface area contributed by atoms with Crippen LogP contribution in [0.25, 0.3) is 0 Å². The van der Waals surface area contributed by atoms with E-state index >= 15 is 0 Å². The van der Waals surface area contributed by atoms with Gasteiger partial charge in [0.05, 0.1) is 11.9 Å². The van der Waals surface area contributed by atoms with Crippen molar-refractivity contribution in [3.8, 4) is 0 Å². The van der Waals surface area contributed by atoms with Crippen LogP contribution in [0.15, 0.2) is 39.0 Å². The summed E-state index contributed by atoms with van der Waals surface area (Å²) in [4.78, 5) is 14.2. The van der Waals surface area contributed by atoms with Crippen molar-refractivity contribution in [1.82, 2.24) is 4.90 Å². The van der Waals surface area contributed by atoms with E-state index in [2.05, 4.69) is 15.1 Å². The van der Waals surface area contributed by atoms with Crippen molar-refractivity contribution in [2.45, 2.75) is 18.8 Å². The third-order valence-electron chi connectivity index (χ3n) is 3.24. The number of amides is 1. The van der Waals surface area contributed by atoms with Gasteiger partial charge in [-0.1, -0.05) is 0 Å². The van der Waals surface area contributed by atoms with Gasteiger partial charge >= 0.3 is 0 Å². The Labute approximate surface area is 104 Å². The van der Waals surface area contributed by atoms with E-state index in [0.29, 0.717) is 0 Å². The lowest BCUT2D eigenvalue weighted by molar-refractivity contribution is -0.119. The minimum absolute atomic E-state index is 0.146. The first-order chi connectivity index (χ1) is 8.36. The molecule has 88 valence electrons. The van der Waals surface area contributed by atoms with Gasteiger partial charge in [-0.25, -0.2) is 0 Å². The zero-order valence-electron chi connectivity index (χ0n) is 9.37. The normalized spacial score (nSPS) is 24.2. The molecule has 0 aliphatic carbocycles. The zero-order chi connectivity index (χ0) is 11.7. The van der Waals surface area contributed by atoms with E-state index in [0.717, 1.165) is 24.4 Å². The highest BCUT2D eigenvalue weighted by Crippen LogP contribution is 2.34. The number of azo groups is 1. The predicted octanol–water partition coefficient (Wildman–Crippen LogP) is 2.76. The molecule has 3 rings (SSSR count). The van der Waals surface area contributed by atoms with E-state index in [9.17, 15) is 4.79 Å². The van der Waals surface area contributed by atoms with Gasteiger partial charge in [0.2, 0.25) is 0 Å². The van der Waals surface area contributed by atoms with E-state index in [1.807, 2.05) is 16.8 Å². The summed E-state index contributed by atoms with van der Waals surface area (Å²) >= 11 is 1.61. The molecule has 1 saturated heterocycles. The van der Waals surface area contributed by atoms with E-state index in [1.54, 1.807) is 17.5 Å². The highest BCUT2D eigenvalue weighted by atomic mass is 32.1. The van der Waals surface area contributed by atoms with Crippen molar-refractivity contribution in [3.63, 3.8) is 0 Å². The van der Waals surface area contributed by atoms with E-state index in [-0.39, 0.29) is 11.8 Å². The maximum absolute atomic E-state index is 11.9. The smallest absolute Gasteiger partial charge is 0.278 e. The van der Waals surface area contributed by atoms with Gasteiger partial charge in [0.25, 0.3) is 5.91 Å². The number of hydrogen-bond donors (Lipinski definition) is 0. The summed E-state index contributed by atoms with van der Waals surface area (Å²) in [5.41, 5.74) is 2.05. The van der Waals surface area contributed by atoms with Crippen molar-refractivity contribution < 1.29 is 4.79 Å². The lowest BCUT2D eigenvalue weighted by Crippen LogP contribution is -2.28. The topological polar surface area (TPSA) is 45.0 Å². The average molecular weight is 247 g/mol. The molecule has 0 spiro atoms. The van der Waals surface area contributed by atoms with Crippen molar-refractivity contribution in [2.75, 3.05) is 13.1 Å². The fourth-order valence-electron chi connectivity index (χ4n) is 2.40. The van der Waals surface area contributed by atoms with Crippen LogP contribution in [0.2, 0.25) is 0 Å². The molecule has 1 amide bonds. The molecular weight excluding hydrogens is 234 g/mol. The number of likely N-dealkylation sites (tertiary alicyclic amines) is 1. The number of carbonyl (C=O) groups excluding carboxylic acids is 1. The van der Waals surface area contributed by atoms with Gasteiger partial charge in [-0.2, -0.15) is 16.5 Å². The van der Waals surface area contributed by atoms with E-state index in [4.69, 9.17) is 0 Å². The quantitative estimate of drug-likeness (QED) is 0.806. The van der Waals surface area contributed by atoms with Crippen LogP contribution < -0.4 is 0 Å². The Morgan fingerprint density at radius 2 is 2.18 bits per heavy atom. The van der Waals surface area contributed by atoms with Gasteiger partial charge in [-0.15, -0.1) is 5.11 Å². The van der Waals surface area contributed by atoms with Gasteiger partial charge in [0.15, 0.2) is 0 Å². The summed E-state index contributed by atoms with van der Waals surface area (Å²) in [6.45, 7) is 2.05. The van der Waals surface area contributed by atoms with Crippen LogP contribution in [0.1, 0.15) is 24.3 Å². The lowest BCUT2D eigenvalue weighted by Gasteiger charge is -2.27. The number of nitrogens with zero attached hydrogens (tertiary/aromatic N) is 3. The minimum Gasteiger partial charge on any atom is -0.373 e. The molecule has 3 heterocycles. The monoisotopic (exact) mass is 247 g/mol. The molecule has 1 aromatic heterocycles. The van der Waals surface area contributed by atoms with Crippen LogP contribution in [-0.4, -0.2) is 23.9 Å². The third-order valence-corrected chi connectivity index (χ3v) is 3.94. The van der Waals surface area contributed by atoms with Gasteiger partial charge in [-0.05, 0) is 35.2 Å². The molecule has 0 aromatic carbocycles. The molecule has 17 heavy (non-hydrogen) atoms. The Balaban J connectivity index is 1.95. The number of hydrogen-bond acceptors (Lipinski definition) is 4. The molecule has 0 saturated carbocycles. The first-order valence-electron chi connectivity index (χ1n) is 5.78. The van der Waals surface area contributed by atoms with E-state index < -0.39 is 0 Å². The van der Waals surface area contributed by atoms with Gasteiger partial charge in [0.1, 0.15) is 5.92 Å². The first kappa shape index (κ1) is 10.7. The molecule has 4 nitrogen and oxygen atoms in total. The van der Waals surface area contributed by atoms with Gasteiger partial charge < -0.3 is 4.90 Å². The maximum Gasteiger partial charge on any atom is 0.278 e. The van der Waals surface area contributed by atoms with Crippen LogP contribution in [0.5, 0.6) is 0 Å². The summed E-state index contributed by atoms with van der Waals surface area (Å²) in [7, 11) is 0. The summed E-state index contributed by atoms with van der Waals surface area (Å²) in [6.07, 6.45) is 4.13. The number of rotatable bonds is 2. The summed E-state index contributed by atoms with van der Waals surface area (Å²) < 4.78 is 0. The highest BCUT2D eigenvalue weighted by Gasteiger charge is 2.32. The Morgan fingerprint density at radius 1 is 1.35 bits per heavy atom. The minimum atomic E-state index is -0.239. The Kier molecular flexibility index (Phi) is 2.76. The summed E-state index contributed by atoms with van der Waals surface area (Å²) in [5.74, 6) is -0.385. The van der Waals surface area contributed by atoms with Crippen molar-refractivity contribution >= 4 is 17.2 Å². The second-order valence-electron chi connectivity index (χ2n) is 4.29. The van der Waals surface area contributed by atoms with Crippen LogP contribution in [-0.2, 0) is 4.79 Å². The molecule has 0 bridgehead atoms. The lowest BCUT2D eigenvalue weighted by atomic mass is 9.96. The Morgan fingerprint density at radius 3 is 2.88 bits per heavy atom. The second kappa shape index (κ2) is 4.41. The molecule has 0 radical (unpaired) electrons. The molecule has 2 aliphatic heterocycles.